The van der Waals surface area contributed by atoms with Gasteiger partial charge in [0.25, 0.3) is 0 Å². The topological polar surface area (TPSA) is 12.9 Å². The van der Waals surface area contributed by atoms with Crippen LogP contribution >= 0.6 is 27.3 Å². The van der Waals surface area contributed by atoms with Crippen LogP contribution in [0.25, 0.3) is 21.8 Å². The molecule has 0 fully saturated rings. The molecule has 1 aromatic heterocycles. The molecule has 0 atom stereocenters. The van der Waals surface area contributed by atoms with Gasteiger partial charge in [-0.05, 0) is 18.1 Å². The summed E-state index contributed by atoms with van der Waals surface area (Å²) in [5, 5.41) is 1.08. The Labute approximate surface area is 137 Å². The van der Waals surface area contributed by atoms with Crippen LogP contribution in [0.1, 0.15) is 24.6 Å². The number of rotatable bonds is 3. The lowest BCUT2D eigenvalue weighted by molar-refractivity contribution is 0.888. The molecule has 0 saturated carbocycles. The Kier molecular flexibility index (Phi) is 4.22. The lowest BCUT2D eigenvalue weighted by Crippen LogP contribution is -1.87. The van der Waals surface area contributed by atoms with Crippen LogP contribution in [0.5, 0.6) is 0 Å². The zero-order valence-corrected chi connectivity index (χ0v) is 14.4. The quantitative estimate of drug-likeness (QED) is 0.531. The Balaban J connectivity index is 2.13. The minimum atomic E-state index is 0.471. The van der Waals surface area contributed by atoms with Crippen molar-refractivity contribution in [3.63, 3.8) is 0 Å². The summed E-state index contributed by atoms with van der Waals surface area (Å²) in [4.78, 5) is 6.25. The van der Waals surface area contributed by atoms with Crippen molar-refractivity contribution in [2.75, 3.05) is 0 Å². The first-order valence-electron chi connectivity index (χ1n) is 6.97. The molecule has 0 unspecified atom stereocenters. The van der Waals surface area contributed by atoms with Crippen molar-refractivity contribution in [2.45, 2.75) is 19.8 Å². The maximum atomic E-state index is 4.91. The third-order valence-corrected chi connectivity index (χ3v) is 5.19. The number of nitrogens with zero attached hydrogens (tertiary/aromatic N) is 1. The van der Waals surface area contributed by atoms with E-state index in [2.05, 4.69) is 72.2 Å². The SMILES string of the molecule is CC(C)c1sc(-c2cccc(Br)c2)nc1-c1ccccc1. The van der Waals surface area contributed by atoms with E-state index in [1.807, 2.05) is 12.1 Å². The van der Waals surface area contributed by atoms with E-state index < -0.39 is 0 Å². The lowest BCUT2D eigenvalue weighted by Gasteiger charge is -2.04. The van der Waals surface area contributed by atoms with Crippen molar-refractivity contribution < 1.29 is 0 Å². The van der Waals surface area contributed by atoms with Crippen LogP contribution in [0.15, 0.2) is 59.1 Å². The fourth-order valence-electron chi connectivity index (χ4n) is 2.27. The van der Waals surface area contributed by atoms with E-state index >= 15 is 0 Å². The Morgan fingerprint density at radius 2 is 1.67 bits per heavy atom. The highest BCUT2D eigenvalue weighted by Gasteiger charge is 2.16. The maximum Gasteiger partial charge on any atom is 0.124 e. The highest BCUT2D eigenvalue weighted by Crippen LogP contribution is 2.38. The van der Waals surface area contributed by atoms with E-state index in [1.54, 1.807) is 11.3 Å². The third kappa shape index (κ3) is 3.09. The second-order valence-corrected chi connectivity index (χ2v) is 7.21. The predicted molar refractivity (Wildman–Crippen MR) is 94.8 cm³/mol. The summed E-state index contributed by atoms with van der Waals surface area (Å²) < 4.78 is 1.09. The number of hydrogen-bond donors (Lipinski definition) is 0. The zero-order chi connectivity index (χ0) is 14.8. The average Bonchev–Trinajstić information content (AvgIpc) is 2.93. The van der Waals surface area contributed by atoms with Gasteiger partial charge in [-0.2, -0.15) is 0 Å². The maximum absolute atomic E-state index is 4.91. The van der Waals surface area contributed by atoms with Gasteiger partial charge in [-0.25, -0.2) is 4.98 Å². The van der Waals surface area contributed by atoms with Gasteiger partial charge in [0.15, 0.2) is 0 Å². The molecule has 3 heteroatoms. The standard InChI is InChI=1S/C18H16BrNS/c1-12(2)17-16(13-7-4-3-5-8-13)20-18(21-17)14-9-6-10-15(19)11-14/h3-12H,1-2H3. The van der Waals surface area contributed by atoms with Crippen LogP contribution in [-0.2, 0) is 0 Å². The molecule has 106 valence electrons. The molecule has 0 saturated heterocycles. The van der Waals surface area contributed by atoms with Gasteiger partial charge in [-0.15, -0.1) is 11.3 Å². The van der Waals surface area contributed by atoms with Crippen molar-refractivity contribution in [2.24, 2.45) is 0 Å². The number of thiazole rings is 1. The number of benzene rings is 2. The van der Waals surface area contributed by atoms with Gasteiger partial charge in [0.05, 0.1) is 5.69 Å². The summed E-state index contributed by atoms with van der Waals surface area (Å²) in [6.45, 7) is 4.45. The Morgan fingerprint density at radius 1 is 0.952 bits per heavy atom. The number of aromatic nitrogens is 1. The van der Waals surface area contributed by atoms with Crippen LogP contribution in [0.4, 0.5) is 0 Å². The molecule has 21 heavy (non-hydrogen) atoms. The van der Waals surface area contributed by atoms with Gasteiger partial charge < -0.3 is 0 Å². The molecule has 1 nitrogen and oxygen atoms in total. The molecule has 0 radical (unpaired) electrons. The molecule has 0 N–H and O–H groups in total. The van der Waals surface area contributed by atoms with Gasteiger partial charge in [0, 0.05) is 20.5 Å². The van der Waals surface area contributed by atoms with Crippen molar-refractivity contribution >= 4 is 27.3 Å². The summed E-state index contributed by atoms with van der Waals surface area (Å²) in [5.74, 6) is 0.471. The minimum absolute atomic E-state index is 0.471. The summed E-state index contributed by atoms with van der Waals surface area (Å²) >= 11 is 5.33. The predicted octanol–water partition coefficient (Wildman–Crippen LogP) is 6.36. The Bertz CT molecular complexity index is 747. The molecular weight excluding hydrogens is 342 g/mol. The highest BCUT2D eigenvalue weighted by atomic mass is 79.9. The zero-order valence-electron chi connectivity index (χ0n) is 12.0. The molecule has 1 heterocycles. The van der Waals surface area contributed by atoms with Crippen LogP contribution in [0.2, 0.25) is 0 Å². The molecule has 3 aromatic rings. The summed E-state index contributed by atoms with van der Waals surface area (Å²) in [6.07, 6.45) is 0. The molecular formula is C18H16BrNS. The van der Waals surface area contributed by atoms with E-state index in [0.717, 1.165) is 15.2 Å². The number of halogens is 1. The molecule has 0 aliphatic rings. The van der Waals surface area contributed by atoms with Gasteiger partial charge >= 0.3 is 0 Å². The Hall–Kier alpha value is -1.45. The van der Waals surface area contributed by atoms with Gasteiger partial charge in [0.1, 0.15) is 5.01 Å². The van der Waals surface area contributed by atoms with Crippen LogP contribution in [0, 0.1) is 0 Å². The lowest BCUT2D eigenvalue weighted by atomic mass is 10.1. The molecule has 0 aliphatic carbocycles. The second kappa shape index (κ2) is 6.12. The van der Waals surface area contributed by atoms with Crippen LogP contribution < -0.4 is 0 Å². The van der Waals surface area contributed by atoms with Gasteiger partial charge in [-0.1, -0.05) is 72.2 Å². The molecule has 3 rings (SSSR count). The molecule has 0 amide bonds. The second-order valence-electron chi connectivity index (χ2n) is 5.26. The first-order chi connectivity index (χ1) is 10.1. The summed E-state index contributed by atoms with van der Waals surface area (Å²) in [7, 11) is 0. The molecule has 0 spiro atoms. The van der Waals surface area contributed by atoms with E-state index in [4.69, 9.17) is 4.98 Å². The fraction of sp³-hybridized carbons (Fsp3) is 0.167. The fourth-order valence-corrected chi connectivity index (χ4v) is 3.76. The minimum Gasteiger partial charge on any atom is -0.236 e. The smallest absolute Gasteiger partial charge is 0.124 e. The molecule has 2 aromatic carbocycles. The van der Waals surface area contributed by atoms with Crippen molar-refractivity contribution in [3.05, 3.63) is 63.9 Å². The Morgan fingerprint density at radius 3 is 2.33 bits per heavy atom. The van der Waals surface area contributed by atoms with Crippen molar-refractivity contribution in [3.8, 4) is 21.8 Å². The van der Waals surface area contributed by atoms with Gasteiger partial charge in [-0.3, -0.25) is 0 Å². The van der Waals surface area contributed by atoms with E-state index in [1.165, 1.54) is 16.0 Å². The molecule has 0 aliphatic heterocycles. The summed E-state index contributed by atoms with van der Waals surface area (Å²) in [5.41, 5.74) is 3.47. The largest absolute Gasteiger partial charge is 0.236 e. The summed E-state index contributed by atoms with van der Waals surface area (Å²) in [6, 6.07) is 18.8. The van der Waals surface area contributed by atoms with Crippen LogP contribution in [-0.4, -0.2) is 4.98 Å². The monoisotopic (exact) mass is 357 g/mol. The van der Waals surface area contributed by atoms with Gasteiger partial charge in [0.2, 0.25) is 0 Å². The average molecular weight is 358 g/mol. The van der Waals surface area contributed by atoms with Crippen molar-refractivity contribution in [1.29, 1.82) is 0 Å². The first-order valence-corrected chi connectivity index (χ1v) is 8.58. The van der Waals surface area contributed by atoms with E-state index in [0.29, 0.717) is 5.92 Å². The normalized spacial score (nSPS) is 11.0. The highest BCUT2D eigenvalue weighted by molar-refractivity contribution is 9.10. The van der Waals surface area contributed by atoms with E-state index in [9.17, 15) is 0 Å². The third-order valence-electron chi connectivity index (χ3n) is 3.30. The molecule has 0 bridgehead atoms. The first kappa shape index (κ1) is 14.5. The van der Waals surface area contributed by atoms with Crippen molar-refractivity contribution in [1.82, 2.24) is 4.98 Å². The number of hydrogen-bond acceptors (Lipinski definition) is 2. The van der Waals surface area contributed by atoms with Crippen LogP contribution in [0.3, 0.4) is 0 Å². The van der Waals surface area contributed by atoms with E-state index in [-0.39, 0.29) is 0 Å².